The molecule has 0 spiro atoms. The molecule has 0 bridgehead atoms. The third-order valence-electron chi connectivity index (χ3n) is 3.96. The zero-order valence-electron chi connectivity index (χ0n) is 14.3. The minimum Gasteiger partial charge on any atom is -0.436 e. The van der Waals surface area contributed by atoms with Crippen molar-refractivity contribution in [3.63, 3.8) is 0 Å². The number of fused-ring (bicyclic) bond motifs is 1. The van der Waals surface area contributed by atoms with Crippen molar-refractivity contribution in [2.75, 3.05) is 0 Å². The number of ether oxygens (including phenoxy) is 1. The topological polar surface area (TPSA) is 78.5 Å². The summed E-state index contributed by atoms with van der Waals surface area (Å²) in [5.74, 6) is -0.305. The highest BCUT2D eigenvalue weighted by Crippen LogP contribution is 2.22. The molecule has 4 rings (SSSR count). The van der Waals surface area contributed by atoms with Gasteiger partial charge in [-0.05, 0) is 48.5 Å². The molecule has 0 saturated heterocycles. The molecule has 0 amide bonds. The second kappa shape index (κ2) is 7.24. The Bertz CT molecular complexity index is 1220. The molecule has 2 aromatic carbocycles. The first-order valence-corrected chi connectivity index (χ1v) is 8.55. The van der Waals surface area contributed by atoms with E-state index in [9.17, 15) is 14.0 Å². The highest BCUT2D eigenvalue weighted by molar-refractivity contribution is 6.30. The number of ketones is 1. The molecular formula is C19H12ClFN4O3. The number of carbonyl (C=O) groups is 1. The fraction of sp³-hybridized carbons (Fsp3) is 0.0526. The Labute approximate surface area is 162 Å². The van der Waals surface area contributed by atoms with Crippen LogP contribution in [0.2, 0.25) is 5.02 Å². The summed E-state index contributed by atoms with van der Waals surface area (Å²) >= 11 is 5.82. The van der Waals surface area contributed by atoms with Crippen molar-refractivity contribution < 1.29 is 13.9 Å². The maximum Gasteiger partial charge on any atom is 0.350 e. The first-order chi connectivity index (χ1) is 13.5. The van der Waals surface area contributed by atoms with Crippen LogP contribution in [0.4, 0.5) is 4.39 Å². The van der Waals surface area contributed by atoms with Crippen LogP contribution in [-0.2, 0) is 6.54 Å². The van der Waals surface area contributed by atoms with Gasteiger partial charge >= 0.3 is 5.69 Å². The van der Waals surface area contributed by atoms with E-state index in [1.54, 1.807) is 24.3 Å². The van der Waals surface area contributed by atoms with Crippen LogP contribution in [0.3, 0.4) is 0 Å². The number of nitrogens with zero attached hydrogens (tertiary/aromatic N) is 4. The summed E-state index contributed by atoms with van der Waals surface area (Å²) in [6.07, 6.45) is 2.80. The molecule has 0 N–H and O–H groups in total. The largest absolute Gasteiger partial charge is 0.436 e. The Kier molecular flexibility index (Phi) is 4.62. The van der Waals surface area contributed by atoms with Crippen LogP contribution in [0.5, 0.6) is 11.6 Å². The van der Waals surface area contributed by atoms with Gasteiger partial charge in [0.05, 0.1) is 0 Å². The van der Waals surface area contributed by atoms with Gasteiger partial charge in [0.25, 0.3) is 5.88 Å². The van der Waals surface area contributed by atoms with Gasteiger partial charge in [0, 0.05) is 23.0 Å². The number of benzene rings is 2. The van der Waals surface area contributed by atoms with Crippen molar-refractivity contribution in [3.8, 4) is 11.6 Å². The van der Waals surface area contributed by atoms with Gasteiger partial charge in [-0.15, -0.1) is 5.10 Å². The lowest BCUT2D eigenvalue weighted by atomic mass is 10.1. The SMILES string of the molecule is O=C(Cn1nc2c(Oc3ccc(F)cc3)nccn2c1=O)c1ccc(Cl)cc1. The standard InChI is InChI=1S/C19H12ClFN4O3/c20-13-3-1-12(2-4-13)16(26)11-25-19(27)24-10-9-22-18(17(24)23-25)28-15-7-5-14(21)6-8-15/h1-10H,11H2. The molecule has 0 unspecified atom stereocenters. The van der Waals surface area contributed by atoms with E-state index in [0.717, 1.165) is 4.68 Å². The van der Waals surface area contributed by atoms with Gasteiger partial charge in [-0.2, -0.15) is 0 Å². The van der Waals surface area contributed by atoms with Crippen molar-refractivity contribution in [2.24, 2.45) is 0 Å². The molecule has 140 valence electrons. The van der Waals surface area contributed by atoms with E-state index in [-0.39, 0.29) is 23.9 Å². The molecule has 0 aliphatic heterocycles. The molecule has 9 heteroatoms. The summed E-state index contributed by atoms with van der Waals surface area (Å²) in [6.45, 7) is -0.252. The molecule has 0 atom stereocenters. The number of carbonyl (C=O) groups excluding carboxylic acids is 1. The number of rotatable bonds is 5. The van der Waals surface area contributed by atoms with Gasteiger partial charge < -0.3 is 4.74 Å². The number of hydrogen-bond donors (Lipinski definition) is 0. The summed E-state index contributed by atoms with van der Waals surface area (Å²) in [7, 11) is 0. The molecule has 0 radical (unpaired) electrons. The summed E-state index contributed by atoms with van der Waals surface area (Å²) in [6, 6.07) is 11.7. The summed E-state index contributed by atoms with van der Waals surface area (Å²) < 4.78 is 20.9. The van der Waals surface area contributed by atoms with Crippen molar-refractivity contribution in [3.05, 3.63) is 87.8 Å². The molecule has 0 fully saturated rings. The predicted octanol–water partition coefficient (Wildman–Crippen LogP) is 3.36. The van der Waals surface area contributed by atoms with Crippen molar-refractivity contribution >= 4 is 23.0 Å². The summed E-state index contributed by atoms with van der Waals surface area (Å²) in [5, 5.41) is 4.68. The minimum atomic E-state index is -0.510. The first-order valence-electron chi connectivity index (χ1n) is 8.17. The number of aromatic nitrogens is 4. The molecule has 2 aromatic heterocycles. The Morgan fingerprint density at radius 2 is 1.82 bits per heavy atom. The Morgan fingerprint density at radius 1 is 1.11 bits per heavy atom. The fourth-order valence-electron chi connectivity index (χ4n) is 2.58. The summed E-state index contributed by atoms with van der Waals surface area (Å²) in [5.41, 5.74) is 0.0404. The van der Waals surface area contributed by atoms with E-state index in [1.807, 2.05) is 0 Å². The Morgan fingerprint density at radius 3 is 2.54 bits per heavy atom. The zero-order valence-corrected chi connectivity index (χ0v) is 15.0. The van der Waals surface area contributed by atoms with Crippen LogP contribution in [0.25, 0.3) is 5.65 Å². The molecule has 2 heterocycles. The predicted molar refractivity (Wildman–Crippen MR) is 99.5 cm³/mol. The average molecular weight is 399 g/mol. The molecule has 0 aliphatic carbocycles. The van der Waals surface area contributed by atoms with Crippen LogP contribution in [0, 0.1) is 5.82 Å². The maximum atomic E-state index is 13.0. The molecule has 4 aromatic rings. The number of Topliss-reactive ketones (excluding diaryl/α,β-unsaturated/α-hetero) is 1. The van der Waals surface area contributed by atoms with Crippen LogP contribution in [0.15, 0.2) is 65.7 Å². The minimum absolute atomic E-state index is 0.0592. The molecule has 0 aliphatic rings. The fourth-order valence-corrected chi connectivity index (χ4v) is 2.70. The lowest BCUT2D eigenvalue weighted by Crippen LogP contribution is -2.25. The lowest BCUT2D eigenvalue weighted by molar-refractivity contribution is 0.0966. The van der Waals surface area contributed by atoms with Gasteiger partial charge in [0.15, 0.2) is 5.78 Å². The lowest BCUT2D eigenvalue weighted by Gasteiger charge is -2.04. The van der Waals surface area contributed by atoms with E-state index in [0.29, 0.717) is 16.3 Å². The zero-order chi connectivity index (χ0) is 19.7. The Hall–Kier alpha value is -3.52. The van der Waals surface area contributed by atoms with Crippen molar-refractivity contribution in [1.29, 1.82) is 0 Å². The monoisotopic (exact) mass is 398 g/mol. The summed E-state index contributed by atoms with van der Waals surface area (Å²) in [4.78, 5) is 29.1. The Balaban J connectivity index is 1.66. The van der Waals surface area contributed by atoms with E-state index >= 15 is 0 Å². The van der Waals surface area contributed by atoms with Crippen LogP contribution in [0.1, 0.15) is 10.4 Å². The van der Waals surface area contributed by atoms with Gasteiger partial charge in [-0.25, -0.2) is 23.3 Å². The number of hydrogen-bond acceptors (Lipinski definition) is 5. The van der Waals surface area contributed by atoms with E-state index in [1.165, 1.54) is 41.1 Å². The van der Waals surface area contributed by atoms with Gasteiger partial charge in [0.1, 0.15) is 18.1 Å². The van der Waals surface area contributed by atoms with Gasteiger partial charge in [-0.3, -0.25) is 4.79 Å². The molecular weight excluding hydrogens is 387 g/mol. The van der Waals surface area contributed by atoms with Crippen molar-refractivity contribution in [2.45, 2.75) is 6.54 Å². The van der Waals surface area contributed by atoms with E-state index < -0.39 is 11.5 Å². The second-order valence-electron chi connectivity index (χ2n) is 5.85. The van der Waals surface area contributed by atoms with E-state index in [2.05, 4.69) is 10.1 Å². The van der Waals surface area contributed by atoms with Gasteiger partial charge in [0.2, 0.25) is 5.65 Å². The first kappa shape index (κ1) is 17.9. The van der Waals surface area contributed by atoms with Crippen LogP contribution < -0.4 is 10.4 Å². The van der Waals surface area contributed by atoms with Crippen molar-refractivity contribution in [1.82, 2.24) is 19.2 Å². The third kappa shape index (κ3) is 3.49. The second-order valence-corrected chi connectivity index (χ2v) is 6.29. The highest BCUT2D eigenvalue weighted by Gasteiger charge is 2.16. The average Bonchev–Trinajstić information content (AvgIpc) is 3.01. The quantitative estimate of drug-likeness (QED) is 0.482. The van der Waals surface area contributed by atoms with E-state index in [4.69, 9.17) is 16.3 Å². The number of halogens is 2. The normalized spacial score (nSPS) is 10.9. The highest BCUT2D eigenvalue weighted by atomic mass is 35.5. The smallest absolute Gasteiger partial charge is 0.350 e. The third-order valence-corrected chi connectivity index (χ3v) is 4.21. The maximum absolute atomic E-state index is 13.0. The van der Waals surface area contributed by atoms with Crippen LogP contribution in [-0.4, -0.2) is 24.9 Å². The van der Waals surface area contributed by atoms with Crippen LogP contribution >= 0.6 is 11.6 Å². The van der Waals surface area contributed by atoms with Gasteiger partial charge in [-0.1, -0.05) is 11.6 Å². The molecule has 0 saturated carbocycles. The molecule has 28 heavy (non-hydrogen) atoms. The molecule has 7 nitrogen and oxygen atoms in total.